The largest absolute Gasteiger partial charge is 0.388 e. The van der Waals surface area contributed by atoms with Crippen molar-refractivity contribution in [3.63, 3.8) is 0 Å². The van der Waals surface area contributed by atoms with Gasteiger partial charge in [0.15, 0.2) is 0 Å². The molecule has 0 aliphatic carbocycles. The summed E-state index contributed by atoms with van der Waals surface area (Å²) in [6, 6.07) is 0. The molecule has 0 aliphatic rings. The van der Waals surface area contributed by atoms with Crippen molar-refractivity contribution >= 4 is 11.6 Å². The Bertz CT molecular complexity index is 445. The number of aromatic nitrogens is 2. The first-order chi connectivity index (χ1) is 9.30. The van der Waals surface area contributed by atoms with Crippen molar-refractivity contribution in [2.45, 2.75) is 59.0 Å². The molecule has 1 unspecified atom stereocenters. The monoisotopic (exact) mass is 281 g/mol. The van der Waals surface area contributed by atoms with E-state index >= 15 is 0 Å². The Labute approximate surface area is 121 Å². The summed E-state index contributed by atoms with van der Waals surface area (Å²) in [5.41, 5.74) is 2.70. The lowest BCUT2D eigenvalue weighted by Gasteiger charge is -2.24. The molecule has 1 rings (SSSR count). The van der Waals surface area contributed by atoms with Gasteiger partial charge in [0.2, 0.25) is 0 Å². The molecule has 0 aromatic carbocycles. The third-order valence-corrected chi connectivity index (χ3v) is 3.24. The number of aliphatic hydroxyl groups is 1. The average molecular weight is 281 g/mol. The van der Waals surface area contributed by atoms with E-state index in [9.17, 15) is 5.11 Å². The quantitative estimate of drug-likeness (QED) is 0.452. The number of nitrogens with one attached hydrogen (secondary N) is 2. The number of hydrogen-bond acceptors (Lipinski definition) is 6. The van der Waals surface area contributed by atoms with Crippen molar-refractivity contribution in [1.29, 1.82) is 0 Å². The molecule has 5 N–H and O–H groups in total. The standard InChI is InChI=1S/C14H27N5O/c1-6-7-14(5,20)8-16-12-10(4)13(19-15)18-11(17-12)9(2)3/h9,20H,6-8,15H2,1-5H3,(H2,16,17,18,19). The van der Waals surface area contributed by atoms with Gasteiger partial charge >= 0.3 is 0 Å². The zero-order chi connectivity index (χ0) is 15.3. The number of nitrogens with zero attached hydrogens (tertiary/aromatic N) is 2. The van der Waals surface area contributed by atoms with Crippen LogP contribution in [-0.4, -0.2) is 27.2 Å². The van der Waals surface area contributed by atoms with Crippen LogP contribution >= 0.6 is 0 Å². The minimum absolute atomic E-state index is 0.208. The topological polar surface area (TPSA) is 96.1 Å². The third-order valence-electron chi connectivity index (χ3n) is 3.24. The number of hydrogen-bond donors (Lipinski definition) is 4. The highest BCUT2D eigenvalue weighted by Crippen LogP contribution is 2.23. The van der Waals surface area contributed by atoms with Crippen LogP contribution in [0.15, 0.2) is 0 Å². The van der Waals surface area contributed by atoms with E-state index in [0.717, 1.165) is 24.2 Å². The highest BCUT2D eigenvalue weighted by atomic mass is 16.3. The second-order valence-corrected chi connectivity index (χ2v) is 5.80. The molecule has 6 heteroatoms. The molecule has 1 aromatic heterocycles. The molecule has 0 amide bonds. The number of hydrazine groups is 1. The second-order valence-electron chi connectivity index (χ2n) is 5.80. The van der Waals surface area contributed by atoms with Crippen LogP contribution in [0.3, 0.4) is 0 Å². The van der Waals surface area contributed by atoms with Gasteiger partial charge < -0.3 is 15.8 Å². The smallest absolute Gasteiger partial charge is 0.148 e. The maximum Gasteiger partial charge on any atom is 0.148 e. The number of nitrogen functional groups attached to an aromatic ring is 1. The van der Waals surface area contributed by atoms with Crippen molar-refractivity contribution < 1.29 is 5.11 Å². The van der Waals surface area contributed by atoms with Crippen molar-refractivity contribution in [2.24, 2.45) is 5.84 Å². The fourth-order valence-electron chi connectivity index (χ4n) is 2.01. The Kier molecular flexibility index (Phi) is 5.71. The molecular formula is C14H27N5O. The minimum Gasteiger partial charge on any atom is -0.388 e. The van der Waals surface area contributed by atoms with Crippen LogP contribution in [0.1, 0.15) is 57.8 Å². The molecule has 0 spiro atoms. The Morgan fingerprint density at radius 3 is 2.40 bits per heavy atom. The van der Waals surface area contributed by atoms with Crippen LogP contribution < -0.4 is 16.6 Å². The zero-order valence-electron chi connectivity index (χ0n) is 13.1. The van der Waals surface area contributed by atoms with Gasteiger partial charge in [0, 0.05) is 18.0 Å². The van der Waals surface area contributed by atoms with E-state index in [0.29, 0.717) is 18.2 Å². The maximum atomic E-state index is 10.2. The summed E-state index contributed by atoms with van der Waals surface area (Å²) in [5.74, 6) is 7.76. The molecule has 0 saturated carbocycles. The number of rotatable bonds is 7. The molecule has 0 aliphatic heterocycles. The highest BCUT2D eigenvalue weighted by Gasteiger charge is 2.20. The SMILES string of the molecule is CCCC(C)(O)CNc1nc(C(C)C)nc(NN)c1C. The van der Waals surface area contributed by atoms with Crippen molar-refractivity contribution in [3.05, 3.63) is 11.4 Å². The van der Waals surface area contributed by atoms with Gasteiger partial charge in [-0.2, -0.15) is 0 Å². The fourth-order valence-corrected chi connectivity index (χ4v) is 2.01. The lowest BCUT2D eigenvalue weighted by atomic mass is 10.0. The van der Waals surface area contributed by atoms with Crippen LogP contribution in [0.2, 0.25) is 0 Å². The van der Waals surface area contributed by atoms with E-state index in [-0.39, 0.29) is 5.92 Å². The summed E-state index contributed by atoms with van der Waals surface area (Å²) in [7, 11) is 0. The molecule has 0 saturated heterocycles. The van der Waals surface area contributed by atoms with Gasteiger partial charge in [-0.15, -0.1) is 0 Å². The summed E-state index contributed by atoms with van der Waals surface area (Å²) in [4.78, 5) is 8.90. The van der Waals surface area contributed by atoms with Gasteiger partial charge in [-0.25, -0.2) is 15.8 Å². The first kappa shape index (κ1) is 16.7. The van der Waals surface area contributed by atoms with Crippen LogP contribution in [0.25, 0.3) is 0 Å². The van der Waals surface area contributed by atoms with E-state index in [1.807, 2.05) is 27.7 Å². The van der Waals surface area contributed by atoms with E-state index in [2.05, 4.69) is 27.6 Å². The number of nitrogens with two attached hydrogens (primary N) is 1. The van der Waals surface area contributed by atoms with Gasteiger partial charge in [0.1, 0.15) is 17.5 Å². The Balaban J connectivity index is 2.96. The molecule has 0 bridgehead atoms. The molecule has 6 nitrogen and oxygen atoms in total. The van der Waals surface area contributed by atoms with E-state index < -0.39 is 5.60 Å². The molecule has 1 heterocycles. The normalized spacial score (nSPS) is 14.2. The Hall–Kier alpha value is -1.40. The lowest BCUT2D eigenvalue weighted by molar-refractivity contribution is 0.0636. The van der Waals surface area contributed by atoms with Crippen LogP contribution in [0.4, 0.5) is 11.6 Å². The summed E-state index contributed by atoms with van der Waals surface area (Å²) < 4.78 is 0. The van der Waals surface area contributed by atoms with Gasteiger partial charge in [-0.05, 0) is 20.3 Å². The van der Waals surface area contributed by atoms with Crippen LogP contribution in [0.5, 0.6) is 0 Å². The molecule has 20 heavy (non-hydrogen) atoms. The average Bonchev–Trinajstić information content (AvgIpc) is 2.37. The second kappa shape index (κ2) is 6.85. The number of anilines is 2. The molecule has 0 radical (unpaired) electrons. The lowest BCUT2D eigenvalue weighted by Crippen LogP contribution is -2.33. The summed E-state index contributed by atoms with van der Waals surface area (Å²) in [6.45, 7) is 10.3. The maximum absolute atomic E-state index is 10.2. The van der Waals surface area contributed by atoms with Gasteiger partial charge in [-0.3, -0.25) is 0 Å². The first-order valence-electron chi connectivity index (χ1n) is 7.12. The van der Waals surface area contributed by atoms with Gasteiger partial charge in [0.25, 0.3) is 0 Å². The third kappa shape index (κ3) is 4.31. The molecule has 1 aromatic rings. The summed E-state index contributed by atoms with van der Waals surface area (Å²) in [5, 5.41) is 13.4. The van der Waals surface area contributed by atoms with E-state index in [1.165, 1.54) is 0 Å². The fraction of sp³-hybridized carbons (Fsp3) is 0.714. The summed E-state index contributed by atoms with van der Waals surface area (Å²) in [6.07, 6.45) is 1.67. The predicted octanol–water partition coefficient (Wildman–Crippen LogP) is 2.16. The summed E-state index contributed by atoms with van der Waals surface area (Å²) >= 11 is 0. The molecular weight excluding hydrogens is 254 g/mol. The predicted molar refractivity (Wildman–Crippen MR) is 82.7 cm³/mol. The van der Waals surface area contributed by atoms with E-state index in [1.54, 1.807) is 0 Å². The Morgan fingerprint density at radius 1 is 1.30 bits per heavy atom. The van der Waals surface area contributed by atoms with Crippen molar-refractivity contribution in [3.8, 4) is 0 Å². The first-order valence-corrected chi connectivity index (χ1v) is 7.12. The molecule has 0 fully saturated rings. The zero-order valence-corrected chi connectivity index (χ0v) is 13.1. The minimum atomic E-state index is -0.750. The van der Waals surface area contributed by atoms with Gasteiger partial charge in [-0.1, -0.05) is 27.2 Å². The molecule has 114 valence electrons. The van der Waals surface area contributed by atoms with Crippen molar-refractivity contribution in [1.82, 2.24) is 9.97 Å². The Morgan fingerprint density at radius 2 is 1.90 bits per heavy atom. The van der Waals surface area contributed by atoms with Crippen molar-refractivity contribution in [2.75, 3.05) is 17.3 Å². The van der Waals surface area contributed by atoms with Crippen LogP contribution in [-0.2, 0) is 0 Å². The van der Waals surface area contributed by atoms with Gasteiger partial charge in [0.05, 0.1) is 5.60 Å². The van der Waals surface area contributed by atoms with Crippen LogP contribution in [0, 0.1) is 6.92 Å². The molecule has 1 atom stereocenters. The highest BCUT2D eigenvalue weighted by molar-refractivity contribution is 5.57. The van der Waals surface area contributed by atoms with E-state index in [4.69, 9.17) is 5.84 Å².